The van der Waals surface area contributed by atoms with Gasteiger partial charge in [0.15, 0.2) is 0 Å². The fourth-order valence-electron chi connectivity index (χ4n) is 2.93. The van der Waals surface area contributed by atoms with Crippen molar-refractivity contribution in [2.24, 2.45) is 5.92 Å². The van der Waals surface area contributed by atoms with Gasteiger partial charge in [-0.05, 0) is 37.3 Å². The Hall–Kier alpha value is -0.860. The first-order valence-electron chi connectivity index (χ1n) is 7.62. The molecule has 0 bridgehead atoms. The van der Waals surface area contributed by atoms with Crippen LogP contribution in [0.25, 0.3) is 0 Å². The average molecular weight is 260 g/mol. The lowest BCUT2D eigenvalue weighted by Crippen LogP contribution is -2.49. The molecule has 1 N–H and O–H groups in total. The molecule has 2 unspecified atom stereocenters. The number of rotatable bonds is 4. The van der Waals surface area contributed by atoms with E-state index in [1.165, 1.54) is 17.5 Å². The van der Waals surface area contributed by atoms with Gasteiger partial charge < -0.3 is 5.32 Å². The van der Waals surface area contributed by atoms with E-state index in [-0.39, 0.29) is 0 Å². The quantitative estimate of drug-likeness (QED) is 0.894. The second kappa shape index (κ2) is 6.53. The van der Waals surface area contributed by atoms with Crippen LogP contribution in [-0.4, -0.2) is 30.6 Å². The summed E-state index contributed by atoms with van der Waals surface area (Å²) in [7, 11) is 0. The Kier molecular flexibility index (Phi) is 5.00. The van der Waals surface area contributed by atoms with Crippen LogP contribution in [0.2, 0.25) is 0 Å². The Bertz CT molecular complexity index is 383. The summed E-state index contributed by atoms with van der Waals surface area (Å²) in [6, 6.07) is 10.4. The van der Waals surface area contributed by atoms with Crippen molar-refractivity contribution in [1.29, 1.82) is 0 Å². The van der Waals surface area contributed by atoms with E-state index in [0.717, 1.165) is 25.6 Å². The minimum Gasteiger partial charge on any atom is -0.312 e. The molecule has 1 aromatic carbocycles. The van der Waals surface area contributed by atoms with Crippen molar-refractivity contribution in [3.63, 3.8) is 0 Å². The van der Waals surface area contributed by atoms with E-state index >= 15 is 0 Å². The van der Waals surface area contributed by atoms with Gasteiger partial charge in [0.25, 0.3) is 0 Å². The summed E-state index contributed by atoms with van der Waals surface area (Å²) in [6.07, 6.45) is 1.18. The molecular weight excluding hydrogens is 232 g/mol. The predicted octanol–water partition coefficient (Wildman–Crippen LogP) is 3.24. The van der Waals surface area contributed by atoms with Gasteiger partial charge in [-0.25, -0.2) is 0 Å². The molecule has 2 atom stereocenters. The number of benzene rings is 1. The van der Waals surface area contributed by atoms with Gasteiger partial charge in [-0.2, -0.15) is 0 Å². The zero-order valence-electron chi connectivity index (χ0n) is 12.8. The number of piperazine rings is 1. The van der Waals surface area contributed by atoms with Crippen LogP contribution in [0.5, 0.6) is 0 Å². The van der Waals surface area contributed by atoms with E-state index in [0.29, 0.717) is 12.1 Å². The lowest BCUT2D eigenvalue weighted by Gasteiger charge is -2.36. The van der Waals surface area contributed by atoms with Gasteiger partial charge in [0.2, 0.25) is 0 Å². The molecule has 0 spiro atoms. The smallest absolute Gasteiger partial charge is 0.0321 e. The van der Waals surface area contributed by atoms with Crippen LogP contribution in [0.4, 0.5) is 0 Å². The molecular formula is C17H28N2. The Morgan fingerprint density at radius 3 is 2.47 bits per heavy atom. The summed E-state index contributed by atoms with van der Waals surface area (Å²) in [6.45, 7) is 12.6. The monoisotopic (exact) mass is 260 g/mol. The van der Waals surface area contributed by atoms with Crippen LogP contribution in [0.15, 0.2) is 24.3 Å². The first-order chi connectivity index (χ1) is 9.06. The van der Waals surface area contributed by atoms with Crippen molar-refractivity contribution in [2.75, 3.05) is 19.6 Å². The molecule has 106 valence electrons. The van der Waals surface area contributed by atoms with Gasteiger partial charge in [-0.1, -0.05) is 38.1 Å². The fraction of sp³-hybridized carbons (Fsp3) is 0.647. The topological polar surface area (TPSA) is 15.3 Å². The highest BCUT2D eigenvalue weighted by Crippen LogP contribution is 2.22. The maximum absolute atomic E-state index is 3.51. The van der Waals surface area contributed by atoms with Crippen LogP contribution in [0, 0.1) is 5.92 Å². The Balaban J connectivity index is 2.00. The highest BCUT2D eigenvalue weighted by Gasteiger charge is 2.21. The Morgan fingerprint density at radius 1 is 1.21 bits per heavy atom. The Labute approximate surface area is 118 Å². The van der Waals surface area contributed by atoms with Crippen LogP contribution < -0.4 is 5.32 Å². The van der Waals surface area contributed by atoms with Gasteiger partial charge in [0.1, 0.15) is 0 Å². The molecule has 2 nitrogen and oxygen atoms in total. The zero-order chi connectivity index (χ0) is 13.8. The van der Waals surface area contributed by atoms with Gasteiger partial charge in [0, 0.05) is 31.7 Å². The minimum absolute atomic E-state index is 0.526. The molecule has 0 saturated carbocycles. The first-order valence-corrected chi connectivity index (χ1v) is 7.62. The highest BCUT2D eigenvalue weighted by molar-refractivity contribution is 5.25. The van der Waals surface area contributed by atoms with E-state index in [9.17, 15) is 0 Å². The van der Waals surface area contributed by atoms with E-state index in [4.69, 9.17) is 0 Å². The van der Waals surface area contributed by atoms with Crippen molar-refractivity contribution in [3.8, 4) is 0 Å². The summed E-state index contributed by atoms with van der Waals surface area (Å²) in [4.78, 5) is 2.58. The summed E-state index contributed by atoms with van der Waals surface area (Å²) in [5.41, 5.74) is 2.90. The van der Waals surface area contributed by atoms with E-state index < -0.39 is 0 Å². The maximum Gasteiger partial charge on any atom is 0.0321 e. The number of nitrogens with zero attached hydrogens (tertiary/aromatic N) is 1. The molecule has 1 aliphatic heterocycles. The Morgan fingerprint density at radius 2 is 1.89 bits per heavy atom. The van der Waals surface area contributed by atoms with Crippen LogP contribution in [0.1, 0.15) is 44.9 Å². The third-order valence-electron chi connectivity index (χ3n) is 4.05. The van der Waals surface area contributed by atoms with Crippen molar-refractivity contribution in [3.05, 3.63) is 35.4 Å². The van der Waals surface area contributed by atoms with E-state index in [2.05, 4.69) is 62.2 Å². The molecule has 0 amide bonds. The molecule has 19 heavy (non-hydrogen) atoms. The predicted molar refractivity (Wildman–Crippen MR) is 82.4 cm³/mol. The standard InChI is InChI=1S/C17H28N2/c1-13(2)11-16-5-7-17(8-6-16)15(4)19-10-9-18-14(3)12-19/h5-8,13-15,18H,9-12H2,1-4H3. The summed E-state index contributed by atoms with van der Waals surface area (Å²) < 4.78 is 0. The number of nitrogens with one attached hydrogen (secondary N) is 1. The zero-order valence-corrected chi connectivity index (χ0v) is 12.8. The normalized spacial score (nSPS) is 22.7. The van der Waals surface area contributed by atoms with Crippen LogP contribution in [0.3, 0.4) is 0 Å². The third kappa shape index (κ3) is 4.05. The first kappa shape index (κ1) is 14.5. The summed E-state index contributed by atoms with van der Waals surface area (Å²) in [5.74, 6) is 0.734. The van der Waals surface area contributed by atoms with Crippen molar-refractivity contribution in [2.45, 2.75) is 46.2 Å². The van der Waals surface area contributed by atoms with Crippen molar-refractivity contribution >= 4 is 0 Å². The van der Waals surface area contributed by atoms with Crippen LogP contribution in [-0.2, 0) is 6.42 Å². The molecule has 1 aromatic rings. The molecule has 2 heteroatoms. The number of hydrogen-bond donors (Lipinski definition) is 1. The molecule has 0 radical (unpaired) electrons. The molecule has 1 aliphatic rings. The van der Waals surface area contributed by atoms with E-state index in [1.807, 2.05) is 0 Å². The second-order valence-electron chi connectivity index (χ2n) is 6.37. The fourth-order valence-corrected chi connectivity index (χ4v) is 2.93. The lowest BCUT2D eigenvalue weighted by molar-refractivity contribution is 0.158. The second-order valence-corrected chi connectivity index (χ2v) is 6.37. The maximum atomic E-state index is 3.51. The highest BCUT2D eigenvalue weighted by atomic mass is 15.2. The summed E-state index contributed by atoms with van der Waals surface area (Å²) in [5, 5.41) is 3.51. The van der Waals surface area contributed by atoms with Gasteiger partial charge in [-0.15, -0.1) is 0 Å². The molecule has 1 fully saturated rings. The third-order valence-corrected chi connectivity index (χ3v) is 4.05. The molecule has 0 aromatic heterocycles. The molecule has 1 saturated heterocycles. The molecule has 2 rings (SSSR count). The average Bonchev–Trinajstić information content (AvgIpc) is 2.38. The van der Waals surface area contributed by atoms with Crippen molar-refractivity contribution in [1.82, 2.24) is 10.2 Å². The lowest BCUT2D eigenvalue weighted by atomic mass is 9.99. The van der Waals surface area contributed by atoms with Crippen molar-refractivity contribution < 1.29 is 0 Å². The SMILES string of the molecule is CC(C)Cc1ccc(C(C)N2CCNC(C)C2)cc1. The van der Waals surface area contributed by atoms with Gasteiger partial charge in [0.05, 0.1) is 0 Å². The van der Waals surface area contributed by atoms with Gasteiger partial charge >= 0.3 is 0 Å². The molecule has 0 aliphatic carbocycles. The van der Waals surface area contributed by atoms with Gasteiger partial charge in [-0.3, -0.25) is 4.90 Å². The summed E-state index contributed by atoms with van der Waals surface area (Å²) >= 11 is 0. The minimum atomic E-state index is 0.526. The van der Waals surface area contributed by atoms with E-state index in [1.54, 1.807) is 0 Å². The number of hydrogen-bond acceptors (Lipinski definition) is 2. The molecule has 1 heterocycles. The largest absolute Gasteiger partial charge is 0.312 e. The van der Waals surface area contributed by atoms with Crippen LogP contribution >= 0.6 is 0 Å².